The average Bonchev–Trinajstić information content (AvgIpc) is 2.49. The Morgan fingerprint density at radius 3 is 2.45 bits per heavy atom. The number of piperidine rings is 1. The van der Waals surface area contributed by atoms with Crippen molar-refractivity contribution in [2.75, 3.05) is 20.1 Å². The smallest absolute Gasteiger partial charge is 0.313 e. The maximum absolute atomic E-state index is 13.0. The second-order valence-electron chi connectivity index (χ2n) is 5.80. The van der Waals surface area contributed by atoms with Crippen molar-refractivity contribution in [2.24, 2.45) is 0 Å². The first kappa shape index (κ1) is 16.8. The van der Waals surface area contributed by atoms with Crippen LogP contribution in [-0.2, 0) is 12.7 Å². The molecule has 0 amide bonds. The lowest BCUT2D eigenvalue weighted by atomic mass is 9.85. The van der Waals surface area contributed by atoms with Crippen molar-refractivity contribution in [1.82, 2.24) is 10.2 Å². The van der Waals surface area contributed by atoms with Gasteiger partial charge in [0, 0.05) is 25.2 Å². The fourth-order valence-electron chi connectivity index (χ4n) is 2.98. The zero-order valence-electron chi connectivity index (χ0n) is 12.6. The van der Waals surface area contributed by atoms with Crippen LogP contribution in [0.2, 0.25) is 0 Å². The molecule has 1 aromatic carbocycles. The highest BCUT2D eigenvalue weighted by Crippen LogP contribution is 2.33. The summed E-state index contributed by atoms with van der Waals surface area (Å²) in [4.78, 5) is 2.03. The molecule has 2 rings (SSSR count). The molecule has 1 fully saturated rings. The van der Waals surface area contributed by atoms with Crippen molar-refractivity contribution >= 4 is 0 Å². The summed E-state index contributed by atoms with van der Waals surface area (Å²) in [6.45, 7) is 1.67. The Bertz CT molecular complexity index is 540. The van der Waals surface area contributed by atoms with Gasteiger partial charge in [-0.3, -0.25) is 4.90 Å². The molecule has 3 nitrogen and oxygen atoms in total. The monoisotopic (exact) mass is 311 g/mol. The highest BCUT2D eigenvalue weighted by atomic mass is 19.4. The van der Waals surface area contributed by atoms with E-state index in [2.05, 4.69) is 11.4 Å². The molecule has 1 saturated heterocycles. The molecular weight excluding hydrogens is 291 g/mol. The van der Waals surface area contributed by atoms with Crippen LogP contribution in [-0.4, -0.2) is 30.6 Å². The van der Waals surface area contributed by atoms with Gasteiger partial charge in [-0.25, -0.2) is 0 Å². The average molecular weight is 311 g/mol. The number of rotatable bonds is 4. The maximum atomic E-state index is 13.0. The Morgan fingerprint density at radius 1 is 1.27 bits per heavy atom. The number of likely N-dealkylation sites (tertiary alicyclic amines) is 1. The summed E-state index contributed by atoms with van der Waals surface area (Å²) in [5, 5.41) is 12.1. The number of benzene rings is 1. The Labute approximate surface area is 128 Å². The minimum Gasteiger partial charge on any atom is -0.313 e. The molecule has 0 aliphatic carbocycles. The first-order valence-electron chi connectivity index (χ1n) is 7.33. The lowest BCUT2D eigenvalue weighted by Gasteiger charge is -2.40. The Morgan fingerprint density at radius 2 is 1.91 bits per heavy atom. The quantitative estimate of drug-likeness (QED) is 0.928. The van der Waals surface area contributed by atoms with Crippen LogP contribution in [0.4, 0.5) is 13.2 Å². The van der Waals surface area contributed by atoms with Gasteiger partial charge in [0.15, 0.2) is 0 Å². The minimum atomic E-state index is -4.32. The number of hydrogen-bond acceptors (Lipinski definition) is 3. The second kappa shape index (κ2) is 6.67. The van der Waals surface area contributed by atoms with Crippen molar-refractivity contribution in [2.45, 2.75) is 37.5 Å². The molecule has 22 heavy (non-hydrogen) atoms. The summed E-state index contributed by atoms with van der Waals surface area (Å²) in [5.74, 6) is 0. The molecule has 0 spiro atoms. The number of nitriles is 1. The molecule has 1 aliphatic heterocycles. The summed E-state index contributed by atoms with van der Waals surface area (Å²) < 4.78 is 39.0. The molecule has 1 N–H and O–H groups in total. The number of nitrogens with one attached hydrogen (secondary N) is 1. The van der Waals surface area contributed by atoms with Crippen LogP contribution in [0.25, 0.3) is 0 Å². The molecular formula is C16H20F3N3. The van der Waals surface area contributed by atoms with E-state index in [1.165, 1.54) is 12.1 Å². The van der Waals surface area contributed by atoms with E-state index in [-0.39, 0.29) is 5.54 Å². The van der Waals surface area contributed by atoms with E-state index in [4.69, 9.17) is 5.26 Å². The van der Waals surface area contributed by atoms with Gasteiger partial charge in [0.05, 0.1) is 18.1 Å². The lowest BCUT2D eigenvalue weighted by Crippen LogP contribution is -2.51. The van der Waals surface area contributed by atoms with E-state index >= 15 is 0 Å². The van der Waals surface area contributed by atoms with Crippen LogP contribution < -0.4 is 5.32 Å². The second-order valence-corrected chi connectivity index (χ2v) is 5.80. The lowest BCUT2D eigenvalue weighted by molar-refractivity contribution is -0.138. The summed E-state index contributed by atoms with van der Waals surface area (Å²) in [5.41, 5.74) is -0.445. The largest absolute Gasteiger partial charge is 0.416 e. The van der Waals surface area contributed by atoms with E-state index in [0.29, 0.717) is 31.6 Å². The first-order chi connectivity index (χ1) is 10.4. The van der Waals surface area contributed by atoms with E-state index in [1.807, 2.05) is 11.9 Å². The molecule has 0 unspecified atom stereocenters. The van der Waals surface area contributed by atoms with Crippen LogP contribution in [0, 0.1) is 11.3 Å². The van der Waals surface area contributed by atoms with Crippen molar-refractivity contribution in [3.8, 4) is 6.07 Å². The normalized spacial score (nSPS) is 18.9. The number of nitrogens with zero attached hydrogens (tertiary/aromatic N) is 2. The van der Waals surface area contributed by atoms with Gasteiger partial charge in [-0.2, -0.15) is 18.4 Å². The van der Waals surface area contributed by atoms with Gasteiger partial charge in [0.25, 0.3) is 0 Å². The zero-order valence-corrected chi connectivity index (χ0v) is 12.6. The van der Waals surface area contributed by atoms with E-state index in [0.717, 1.165) is 18.9 Å². The summed E-state index contributed by atoms with van der Waals surface area (Å²) in [7, 11) is 1.84. The van der Waals surface area contributed by atoms with E-state index in [9.17, 15) is 13.2 Å². The molecule has 1 aliphatic rings. The highest BCUT2D eigenvalue weighted by Gasteiger charge is 2.35. The number of alkyl halides is 3. The van der Waals surface area contributed by atoms with Crippen LogP contribution in [0.3, 0.4) is 0 Å². The van der Waals surface area contributed by atoms with E-state index < -0.39 is 11.7 Å². The number of hydrogen-bond donors (Lipinski definition) is 1. The fourth-order valence-corrected chi connectivity index (χ4v) is 2.98. The Balaban J connectivity index is 2.05. The van der Waals surface area contributed by atoms with Crippen LogP contribution in [0.15, 0.2) is 24.3 Å². The molecule has 0 radical (unpaired) electrons. The molecule has 1 heterocycles. The van der Waals surface area contributed by atoms with E-state index in [1.54, 1.807) is 6.07 Å². The van der Waals surface area contributed by atoms with Gasteiger partial charge >= 0.3 is 6.18 Å². The predicted octanol–water partition coefficient (Wildman–Crippen LogP) is 3.17. The Kier molecular flexibility index (Phi) is 5.09. The standard InChI is InChI=1S/C16H20F3N3/c1-21-15(6-9-20)7-10-22(11-8-15)12-13-4-2-3-5-14(13)16(17,18)19/h2-5,21H,6-8,10-12H2,1H3. The molecule has 0 atom stereocenters. The first-order valence-corrected chi connectivity index (χ1v) is 7.33. The number of halogens is 3. The van der Waals surface area contributed by atoms with Gasteiger partial charge in [0.2, 0.25) is 0 Å². The van der Waals surface area contributed by atoms with Gasteiger partial charge < -0.3 is 5.32 Å². The summed E-state index contributed by atoms with van der Waals surface area (Å²) >= 11 is 0. The fraction of sp³-hybridized carbons (Fsp3) is 0.562. The van der Waals surface area contributed by atoms with Gasteiger partial charge in [-0.1, -0.05) is 18.2 Å². The summed E-state index contributed by atoms with van der Waals surface area (Å²) in [6.07, 6.45) is -2.35. The molecule has 1 aromatic rings. The van der Waals surface area contributed by atoms with Crippen LogP contribution >= 0.6 is 0 Å². The molecule has 0 bridgehead atoms. The van der Waals surface area contributed by atoms with Crippen molar-refractivity contribution < 1.29 is 13.2 Å². The Hall–Kier alpha value is -1.58. The zero-order chi connectivity index (χ0) is 16.2. The van der Waals surface area contributed by atoms with Crippen molar-refractivity contribution in [1.29, 1.82) is 5.26 Å². The SMILES string of the molecule is CNC1(CC#N)CCN(Cc2ccccc2C(F)(F)F)CC1. The van der Waals surface area contributed by atoms with Crippen molar-refractivity contribution in [3.63, 3.8) is 0 Å². The highest BCUT2D eigenvalue weighted by molar-refractivity contribution is 5.29. The minimum absolute atomic E-state index is 0.200. The topological polar surface area (TPSA) is 39.1 Å². The molecule has 120 valence electrons. The van der Waals surface area contributed by atoms with Crippen LogP contribution in [0.5, 0.6) is 0 Å². The molecule has 0 aromatic heterocycles. The van der Waals surface area contributed by atoms with Gasteiger partial charge in [0.1, 0.15) is 0 Å². The maximum Gasteiger partial charge on any atom is 0.416 e. The molecule has 0 saturated carbocycles. The third-order valence-corrected chi connectivity index (χ3v) is 4.48. The van der Waals surface area contributed by atoms with Gasteiger partial charge in [-0.05, 0) is 31.5 Å². The van der Waals surface area contributed by atoms with Crippen molar-refractivity contribution in [3.05, 3.63) is 35.4 Å². The van der Waals surface area contributed by atoms with Gasteiger partial charge in [-0.15, -0.1) is 0 Å². The molecule has 6 heteroatoms. The van der Waals surface area contributed by atoms with Crippen LogP contribution in [0.1, 0.15) is 30.4 Å². The third kappa shape index (κ3) is 3.79. The third-order valence-electron chi connectivity index (χ3n) is 4.48. The predicted molar refractivity (Wildman–Crippen MR) is 78.0 cm³/mol. The summed E-state index contributed by atoms with van der Waals surface area (Å²) in [6, 6.07) is 7.92.